The maximum Gasteiger partial charge on any atom is 0.188 e. The Morgan fingerprint density at radius 3 is 2.31 bits per heavy atom. The fourth-order valence-corrected chi connectivity index (χ4v) is 1.69. The monoisotopic (exact) mass is 183 g/mol. The minimum atomic E-state index is 0.260. The summed E-state index contributed by atoms with van der Waals surface area (Å²) in [7, 11) is 1.72. The molecule has 0 aromatic carbocycles. The van der Waals surface area contributed by atoms with Gasteiger partial charge in [0.05, 0.1) is 0 Å². The maximum absolute atomic E-state index is 5.68. The van der Waals surface area contributed by atoms with E-state index in [9.17, 15) is 0 Å². The van der Waals surface area contributed by atoms with Crippen LogP contribution in [-0.2, 0) is 0 Å². The third-order valence-electron chi connectivity index (χ3n) is 2.57. The molecule has 0 radical (unpaired) electrons. The zero-order valence-electron chi connectivity index (χ0n) is 9.09. The lowest BCUT2D eigenvalue weighted by Crippen LogP contribution is -2.48. The second kappa shape index (κ2) is 3.56. The molecule has 0 saturated heterocycles. The highest BCUT2D eigenvalue weighted by Crippen LogP contribution is 2.40. The van der Waals surface area contributed by atoms with Crippen molar-refractivity contribution in [1.29, 1.82) is 0 Å². The highest BCUT2D eigenvalue weighted by Gasteiger charge is 2.38. The molecule has 0 aromatic heterocycles. The highest BCUT2D eigenvalue weighted by molar-refractivity contribution is 5.78. The predicted molar refractivity (Wildman–Crippen MR) is 56.6 cm³/mol. The standard InChI is InChI=1S/C10H21N3/c1-10(2,3)8(7-5-6-7)13-9(11)12-4/h7-8H,5-6H2,1-4H3,(H3,11,12,13). The first-order valence-electron chi connectivity index (χ1n) is 4.94. The van der Waals surface area contributed by atoms with Gasteiger partial charge >= 0.3 is 0 Å². The predicted octanol–water partition coefficient (Wildman–Crippen LogP) is 1.35. The normalized spacial score (nSPS) is 21.4. The largest absolute Gasteiger partial charge is 0.370 e. The fraction of sp³-hybridized carbons (Fsp3) is 0.900. The molecule has 0 bridgehead atoms. The molecule has 1 rings (SSSR count). The van der Waals surface area contributed by atoms with Gasteiger partial charge in [-0.3, -0.25) is 4.99 Å². The van der Waals surface area contributed by atoms with Crippen LogP contribution in [0.4, 0.5) is 0 Å². The number of rotatable bonds is 2. The van der Waals surface area contributed by atoms with E-state index in [-0.39, 0.29) is 5.41 Å². The number of hydrogen-bond acceptors (Lipinski definition) is 1. The second-order valence-electron chi connectivity index (χ2n) is 4.93. The fourth-order valence-electron chi connectivity index (χ4n) is 1.69. The highest BCUT2D eigenvalue weighted by atomic mass is 15.1. The maximum atomic E-state index is 5.68. The van der Waals surface area contributed by atoms with Crippen LogP contribution in [-0.4, -0.2) is 19.0 Å². The number of aliphatic imine (C=N–C) groups is 1. The van der Waals surface area contributed by atoms with Crippen molar-refractivity contribution in [2.45, 2.75) is 39.7 Å². The Balaban J connectivity index is 2.58. The van der Waals surface area contributed by atoms with Crippen molar-refractivity contribution in [1.82, 2.24) is 5.32 Å². The van der Waals surface area contributed by atoms with E-state index in [0.717, 1.165) is 5.92 Å². The molecular weight excluding hydrogens is 162 g/mol. The van der Waals surface area contributed by atoms with E-state index in [1.54, 1.807) is 7.05 Å². The van der Waals surface area contributed by atoms with E-state index in [0.29, 0.717) is 12.0 Å². The van der Waals surface area contributed by atoms with Crippen LogP contribution in [0.2, 0.25) is 0 Å². The van der Waals surface area contributed by atoms with Crippen LogP contribution in [0.25, 0.3) is 0 Å². The summed E-state index contributed by atoms with van der Waals surface area (Å²) in [4.78, 5) is 3.94. The summed E-state index contributed by atoms with van der Waals surface area (Å²) in [5.41, 5.74) is 5.94. The molecule has 3 N–H and O–H groups in total. The van der Waals surface area contributed by atoms with Crippen molar-refractivity contribution in [2.75, 3.05) is 7.05 Å². The lowest BCUT2D eigenvalue weighted by Gasteiger charge is -2.32. The van der Waals surface area contributed by atoms with Gasteiger partial charge < -0.3 is 11.1 Å². The Kier molecular flexibility index (Phi) is 2.84. The minimum Gasteiger partial charge on any atom is -0.370 e. The van der Waals surface area contributed by atoms with Crippen LogP contribution in [0, 0.1) is 11.3 Å². The van der Waals surface area contributed by atoms with E-state index >= 15 is 0 Å². The molecule has 0 amide bonds. The molecule has 1 aliphatic carbocycles. The smallest absolute Gasteiger partial charge is 0.188 e. The Bertz CT molecular complexity index is 199. The Morgan fingerprint density at radius 1 is 1.46 bits per heavy atom. The van der Waals surface area contributed by atoms with Crippen molar-refractivity contribution in [2.24, 2.45) is 22.1 Å². The number of guanidine groups is 1. The van der Waals surface area contributed by atoms with Gasteiger partial charge in [-0.1, -0.05) is 20.8 Å². The van der Waals surface area contributed by atoms with Crippen LogP contribution in [0.1, 0.15) is 33.6 Å². The van der Waals surface area contributed by atoms with E-state index in [1.807, 2.05) is 0 Å². The van der Waals surface area contributed by atoms with Crippen LogP contribution in [0.3, 0.4) is 0 Å². The molecule has 1 aliphatic rings. The van der Waals surface area contributed by atoms with Crippen molar-refractivity contribution in [3.63, 3.8) is 0 Å². The first-order valence-corrected chi connectivity index (χ1v) is 4.94. The van der Waals surface area contributed by atoms with Crippen molar-refractivity contribution >= 4 is 5.96 Å². The molecule has 13 heavy (non-hydrogen) atoms. The summed E-state index contributed by atoms with van der Waals surface area (Å²) in [6.07, 6.45) is 2.65. The van der Waals surface area contributed by atoms with Gasteiger partial charge in [0.25, 0.3) is 0 Å². The molecule has 3 nitrogen and oxygen atoms in total. The van der Waals surface area contributed by atoms with Gasteiger partial charge in [0.15, 0.2) is 5.96 Å². The molecule has 1 saturated carbocycles. The summed E-state index contributed by atoms with van der Waals surface area (Å²) in [5.74, 6) is 1.35. The Labute approximate surface area is 80.8 Å². The average Bonchev–Trinajstić information content (AvgIpc) is 2.80. The van der Waals surface area contributed by atoms with Gasteiger partial charge in [0.1, 0.15) is 0 Å². The summed E-state index contributed by atoms with van der Waals surface area (Å²) in [6, 6.07) is 0.469. The molecule has 1 unspecified atom stereocenters. The summed E-state index contributed by atoms with van der Waals surface area (Å²) in [5, 5.41) is 3.30. The van der Waals surface area contributed by atoms with Crippen LogP contribution in [0.15, 0.2) is 4.99 Å². The number of hydrogen-bond donors (Lipinski definition) is 2. The van der Waals surface area contributed by atoms with Gasteiger partial charge in [0, 0.05) is 13.1 Å². The van der Waals surface area contributed by atoms with Crippen LogP contribution < -0.4 is 11.1 Å². The van der Waals surface area contributed by atoms with E-state index in [2.05, 4.69) is 31.1 Å². The summed E-state index contributed by atoms with van der Waals surface area (Å²) < 4.78 is 0. The first kappa shape index (κ1) is 10.4. The SMILES string of the molecule is CN=C(N)NC(C1CC1)C(C)(C)C. The van der Waals surface area contributed by atoms with Crippen molar-refractivity contribution in [3.05, 3.63) is 0 Å². The quantitative estimate of drug-likeness (QED) is 0.501. The third kappa shape index (κ3) is 2.90. The lowest BCUT2D eigenvalue weighted by atomic mass is 9.84. The van der Waals surface area contributed by atoms with Gasteiger partial charge in [-0.15, -0.1) is 0 Å². The zero-order chi connectivity index (χ0) is 10.1. The van der Waals surface area contributed by atoms with E-state index < -0.39 is 0 Å². The van der Waals surface area contributed by atoms with Gasteiger partial charge in [0.2, 0.25) is 0 Å². The molecular formula is C10H21N3. The van der Waals surface area contributed by atoms with Gasteiger partial charge in [-0.2, -0.15) is 0 Å². The molecule has 1 atom stereocenters. The summed E-state index contributed by atoms with van der Waals surface area (Å²) in [6.45, 7) is 6.73. The van der Waals surface area contributed by atoms with Gasteiger partial charge in [-0.05, 0) is 24.2 Å². The zero-order valence-corrected chi connectivity index (χ0v) is 9.09. The van der Waals surface area contributed by atoms with Crippen LogP contribution >= 0.6 is 0 Å². The second-order valence-corrected chi connectivity index (χ2v) is 4.93. The molecule has 0 heterocycles. The Morgan fingerprint density at radius 2 is 2.00 bits per heavy atom. The van der Waals surface area contributed by atoms with Crippen molar-refractivity contribution < 1.29 is 0 Å². The van der Waals surface area contributed by atoms with Crippen molar-refractivity contribution in [3.8, 4) is 0 Å². The van der Waals surface area contributed by atoms with Gasteiger partial charge in [-0.25, -0.2) is 0 Å². The molecule has 1 fully saturated rings. The van der Waals surface area contributed by atoms with E-state index in [1.165, 1.54) is 12.8 Å². The molecule has 0 aliphatic heterocycles. The topological polar surface area (TPSA) is 50.4 Å². The lowest BCUT2D eigenvalue weighted by molar-refractivity contribution is 0.268. The summed E-state index contributed by atoms with van der Waals surface area (Å²) >= 11 is 0. The van der Waals surface area contributed by atoms with Crippen LogP contribution in [0.5, 0.6) is 0 Å². The molecule has 0 spiro atoms. The number of nitrogens with two attached hydrogens (primary N) is 1. The molecule has 0 aromatic rings. The average molecular weight is 183 g/mol. The number of nitrogens with one attached hydrogen (secondary N) is 1. The minimum absolute atomic E-state index is 0.260. The first-order chi connectivity index (χ1) is 5.95. The molecule has 76 valence electrons. The van der Waals surface area contributed by atoms with E-state index in [4.69, 9.17) is 5.73 Å². The molecule has 3 heteroatoms. The Hall–Kier alpha value is -0.730. The number of nitrogens with zero attached hydrogens (tertiary/aromatic N) is 1. The third-order valence-corrected chi connectivity index (χ3v) is 2.57.